The van der Waals surface area contributed by atoms with Crippen LogP contribution in [0.1, 0.15) is 38.2 Å². The Morgan fingerprint density at radius 3 is 2.89 bits per heavy atom. The molecule has 1 aliphatic heterocycles. The van der Waals surface area contributed by atoms with Gasteiger partial charge in [-0.15, -0.1) is 0 Å². The Labute approximate surface area is 121 Å². The van der Waals surface area contributed by atoms with Crippen molar-refractivity contribution in [3.05, 3.63) is 18.0 Å². The van der Waals surface area contributed by atoms with E-state index in [4.69, 9.17) is 0 Å². The first kappa shape index (κ1) is 14.9. The minimum Gasteiger partial charge on any atom is -0.314 e. The highest BCUT2D eigenvalue weighted by Gasteiger charge is 2.19. The van der Waals surface area contributed by atoms with Crippen LogP contribution in [-0.4, -0.2) is 33.9 Å². The number of thioether (sulfide) groups is 1. The number of nitrogens with zero attached hydrogens (tertiary/aromatic N) is 2. The summed E-state index contributed by atoms with van der Waals surface area (Å²) in [4.78, 5) is 0. The Balaban J connectivity index is 1.86. The number of nitrogens with one attached hydrogen (secondary N) is 1. The molecule has 1 aromatic rings. The van der Waals surface area contributed by atoms with Gasteiger partial charge in [-0.2, -0.15) is 16.9 Å². The lowest BCUT2D eigenvalue weighted by Gasteiger charge is -2.27. The van der Waals surface area contributed by atoms with Crippen LogP contribution in [-0.2, 0) is 13.5 Å². The molecule has 4 heteroatoms. The van der Waals surface area contributed by atoms with Gasteiger partial charge in [-0.3, -0.25) is 4.68 Å². The van der Waals surface area contributed by atoms with Gasteiger partial charge in [-0.25, -0.2) is 0 Å². The Morgan fingerprint density at radius 1 is 1.47 bits per heavy atom. The van der Waals surface area contributed by atoms with Gasteiger partial charge in [0, 0.05) is 19.3 Å². The van der Waals surface area contributed by atoms with Gasteiger partial charge in [0.2, 0.25) is 0 Å². The molecule has 0 bridgehead atoms. The van der Waals surface area contributed by atoms with Crippen molar-refractivity contribution in [3.63, 3.8) is 0 Å². The third-order valence-corrected chi connectivity index (χ3v) is 4.93. The van der Waals surface area contributed by atoms with Crippen LogP contribution in [0.15, 0.2) is 12.4 Å². The van der Waals surface area contributed by atoms with E-state index in [-0.39, 0.29) is 0 Å². The van der Waals surface area contributed by atoms with Gasteiger partial charge in [-0.05, 0) is 61.6 Å². The molecule has 0 saturated carbocycles. The summed E-state index contributed by atoms with van der Waals surface area (Å²) in [6, 6.07) is 0.622. The summed E-state index contributed by atoms with van der Waals surface area (Å²) >= 11 is 2.12. The molecule has 2 heterocycles. The highest BCUT2D eigenvalue weighted by Crippen LogP contribution is 2.27. The molecule has 0 aromatic carbocycles. The van der Waals surface area contributed by atoms with Crippen LogP contribution >= 0.6 is 11.8 Å². The van der Waals surface area contributed by atoms with E-state index in [1.807, 2.05) is 17.9 Å². The second-order valence-corrected chi connectivity index (χ2v) is 6.89. The smallest absolute Gasteiger partial charge is 0.0522 e. The minimum absolute atomic E-state index is 0.622. The second-order valence-electron chi connectivity index (χ2n) is 5.67. The maximum Gasteiger partial charge on any atom is 0.0522 e. The largest absolute Gasteiger partial charge is 0.314 e. The van der Waals surface area contributed by atoms with E-state index in [9.17, 15) is 0 Å². The Kier molecular flexibility index (Phi) is 6.24. The van der Waals surface area contributed by atoms with Crippen LogP contribution < -0.4 is 5.32 Å². The molecule has 1 aromatic heterocycles. The van der Waals surface area contributed by atoms with Gasteiger partial charge in [-0.1, -0.05) is 6.92 Å². The quantitative estimate of drug-likeness (QED) is 0.833. The molecule has 3 nitrogen and oxygen atoms in total. The summed E-state index contributed by atoms with van der Waals surface area (Å²) in [6.45, 7) is 3.37. The SMILES string of the molecule is CCCNC(Cc1cnn(C)c1)CC1CCSCC1. The molecule has 0 radical (unpaired) electrons. The van der Waals surface area contributed by atoms with Crippen LogP contribution in [0.3, 0.4) is 0 Å². The van der Waals surface area contributed by atoms with E-state index in [0.717, 1.165) is 18.9 Å². The van der Waals surface area contributed by atoms with Crippen molar-refractivity contribution < 1.29 is 0 Å². The highest BCUT2D eigenvalue weighted by molar-refractivity contribution is 7.99. The van der Waals surface area contributed by atoms with Crippen molar-refractivity contribution in [1.82, 2.24) is 15.1 Å². The van der Waals surface area contributed by atoms with Crippen molar-refractivity contribution in [2.24, 2.45) is 13.0 Å². The Bertz CT molecular complexity index is 358. The van der Waals surface area contributed by atoms with Crippen LogP contribution in [0.2, 0.25) is 0 Å². The topological polar surface area (TPSA) is 29.9 Å². The lowest BCUT2D eigenvalue weighted by Crippen LogP contribution is -2.34. The molecule has 0 aliphatic carbocycles. The zero-order valence-electron chi connectivity index (χ0n) is 12.3. The molecule has 1 atom stereocenters. The van der Waals surface area contributed by atoms with Gasteiger partial charge in [0.15, 0.2) is 0 Å². The minimum atomic E-state index is 0.622. The van der Waals surface area contributed by atoms with Crippen molar-refractivity contribution in [2.75, 3.05) is 18.1 Å². The maximum atomic E-state index is 4.28. The predicted octanol–water partition coefficient (Wildman–Crippen LogP) is 2.86. The number of hydrogen-bond acceptors (Lipinski definition) is 3. The van der Waals surface area contributed by atoms with Crippen LogP contribution in [0.25, 0.3) is 0 Å². The summed E-state index contributed by atoms with van der Waals surface area (Å²) in [7, 11) is 2.00. The van der Waals surface area contributed by atoms with Gasteiger partial charge < -0.3 is 5.32 Å². The number of aryl methyl sites for hydroxylation is 1. The molecule has 1 N–H and O–H groups in total. The summed E-state index contributed by atoms with van der Waals surface area (Å²) < 4.78 is 1.91. The molecule has 1 unspecified atom stereocenters. The predicted molar refractivity (Wildman–Crippen MR) is 83.7 cm³/mol. The van der Waals surface area contributed by atoms with Gasteiger partial charge in [0.1, 0.15) is 0 Å². The highest BCUT2D eigenvalue weighted by atomic mass is 32.2. The van der Waals surface area contributed by atoms with E-state index in [1.165, 1.54) is 42.8 Å². The van der Waals surface area contributed by atoms with E-state index >= 15 is 0 Å². The average molecular weight is 281 g/mol. The molecule has 19 heavy (non-hydrogen) atoms. The number of aromatic nitrogens is 2. The van der Waals surface area contributed by atoms with Crippen molar-refractivity contribution in [2.45, 2.75) is 45.1 Å². The fourth-order valence-electron chi connectivity index (χ4n) is 2.83. The van der Waals surface area contributed by atoms with Gasteiger partial charge >= 0.3 is 0 Å². The second kappa shape index (κ2) is 7.95. The molecular formula is C15H27N3S. The third kappa shape index (κ3) is 5.19. The van der Waals surface area contributed by atoms with E-state index in [0.29, 0.717) is 6.04 Å². The zero-order valence-corrected chi connectivity index (χ0v) is 13.1. The van der Waals surface area contributed by atoms with Gasteiger partial charge in [0.25, 0.3) is 0 Å². The lowest BCUT2D eigenvalue weighted by atomic mass is 9.91. The molecule has 1 saturated heterocycles. The molecule has 1 fully saturated rings. The van der Waals surface area contributed by atoms with Crippen molar-refractivity contribution >= 4 is 11.8 Å². The van der Waals surface area contributed by atoms with Crippen LogP contribution in [0, 0.1) is 5.92 Å². The Morgan fingerprint density at radius 2 is 2.26 bits per heavy atom. The van der Waals surface area contributed by atoms with E-state index in [2.05, 4.69) is 35.3 Å². The first-order valence-corrected chi connectivity index (χ1v) is 8.72. The van der Waals surface area contributed by atoms with E-state index in [1.54, 1.807) is 0 Å². The third-order valence-electron chi connectivity index (χ3n) is 3.88. The van der Waals surface area contributed by atoms with Crippen LogP contribution in [0.5, 0.6) is 0 Å². The standard InChI is InChI=1S/C15H27N3S/c1-3-6-16-15(9-13-4-7-19-8-5-13)10-14-11-17-18(2)12-14/h11-13,15-16H,3-10H2,1-2H3. The molecular weight excluding hydrogens is 254 g/mol. The summed E-state index contributed by atoms with van der Waals surface area (Å²) in [6.07, 6.45) is 10.6. The monoisotopic (exact) mass is 281 g/mol. The molecule has 0 amide bonds. The normalized spacial score (nSPS) is 18.6. The summed E-state index contributed by atoms with van der Waals surface area (Å²) in [5.74, 6) is 3.64. The fraction of sp³-hybridized carbons (Fsp3) is 0.800. The average Bonchev–Trinajstić information content (AvgIpc) is 2.82. The maximum absolute atomic E-state index is 4.28. The molecule has 2 rings (SSSR count). The molecule has 1 aliphatic rings. The van der Waals surface area contributed by atoms with E-state index < -0.39 is 0 Å². The zero-order chi connectivity index (χ0) is 13.5. The number of rotatable bonds is 7. The molecule has 0 spiro atoms. The van der Waals surface area contributed by atoms with Crippen molar-refractivity contribution in [3.8, 4) is 0 Å². The lowest BCUT2D eigenvalue weighted by molar-refractivity contribution is 0.362. The van der Waals surface area contributed by atoms with Gasteiger partial charge in [0.05, 0.1) is 6.20 Å². The summed E-state index contributed by atoms with van der Waals surface area (Å²) in [5.41, 5.74) is 1.36. The first-order chi connectivity index (χ1) is 9.28. The molecule has 108 valence electrons. The van der Waals surface area contributed by atoms with Crippen LogP contribution in [0.4, 0.5) is 0 Å². The first-order valence-electron chi connectivity index (χ1n) is 7.56. The summed E-state index contributed by atoms with van der Waals surface area (Å²) in [5, 5.41) is 8.01. The fourth-order valence-corrected chi connectivity index (χ4v) is 4.04. The Hall–Kier alpha value is -0.480. The van der Waals surface area contributed by atoms with Crippen molar-refractivity contribution in [1.29, 1.82) is 0 Å². The number of hydrogen-bond donors (Lipinski definition) is 1.